The van der Waals surface area contributed by atoms with Crippen molar-refractivity contribution in [3.63, 3.8) is 0 Å². The van der Waals surface area contributed by atoms with Crippen LogP contribution in [-0.4, -0.2) is 23.0 Å². The number of amides is 1. The lowest BCUT2D eigenvalue weighted by Crippen LogP contribution is -2.48. The Labute approximate surface area is 108 Å². The smallest absolute Gasteiger partial charge is 0.307 e. The van der Waals surface area contributed by atoms with Crippen LogP contribution in [0.3, 0.4) is 0 Å². The van der Waals surface area contributed by atoms with Gasteiger partial charge in [-0.05, 0) is 43.9 Å². The zero-order chi connectivity index (χ0) is 13.3. The van der Waals surface area contributed by atoms with Crippen molar-refractivity contribution in [2.45, 2.75) is 58.4 Å². The average Bonchev–Trinajstić information content (AvgIpc) is 2.18. The zero-order valence-electron chi connectivity index (χ0n) is 11.2. The second-order valence-corrected chi connectivity index (χ2v) is 6.58. The number of nitrogens with one attached hydrogen (secondary N) is 1. The molecule has 2 atom stereocenters. The van der Waals surface area contributed by atoms with Crippen LogP contribution < -0.4 is 5.32 Å². The minimum Gasteiger partial charge on any atom is -0.481 e. The summed E-state index contributed by atoms with van der Waals surface area (Å²) in [5.41, 5.74) is 0.390. The van der Waals surface area contributed by atoms with Gasteiger partial charge in [-0.25, -0.2) is 0 Å². The number of rotatable bonds is 3. The second kappa shape index (κ2) is 4.90. The molecule has 18 heavy (non-hydrogen) atoms. The van der Waals surface area contributed by atoms with Crippen molar-refractivity contribution in [1.82, 2.24) is 5.32 Å². The van der Waals surface area contributed by atoms with Gasteiger partial charge in [0.25, 0.3) is 0 Å². The van der Waals surface area contributed by atoms with Gasteiger partial charge in [-0.15, -0.1) is 0 Å². The molecule has 2 saturated carbocycles. The number of carbonyl (C=O) groups is 2. The summed E-state index contributed by atoms with van der Waals surface area (Å²) in [6, 6.07) is 0.251. The Morgan fingerprint density at radius 2 is 1.61 bits per heavy atom. The maximum Gasteiger partial charge on any atom is 0.307 e. The van der Waals surface area contributed by atoms with Crippen molar-refractivity contribution in [3.8, 4) is 0 Å². The van der Waals surface area contributed by atoms with Crippen molar-refractivity contribution in [1.29, 1.82) is 0 Å². The lowest BCUT2D eigenvalue weighted by Gasteiger charge is -2.37. The summed E-state index contributed by atoms with van der Waals surface area (Å²) in [5, 5.41) is 12.0. The zero-order valence-corrected chi connectivity index (χ0v) is 11.2. The van der Waals surface area contributed by atoms with Crippen LogP contribution >= 0.6 is 0 Å². The molecule has 102 valence electrons. The van der Waals surface area contributed by atoms with Crippen LogP contribution in [-0.2, 0) is 9.59 Å². The number of hydrogen-bond acceptors (Lipinski definition) is 2. The highest BCUT2D eigenvalue weighted by Gasteiger charge is 2.42. The van der Waals surface area contributed by atoms with Crippen molar-refractivity contribution in [2.24, 2.45) is 17.3 Å². The van der Waals surface area contributed by atoms with Crippen molar-refractivity contribution in [3.05, 3.63) is 0 Å². The van der Waals surface area contributed by atoms with E-state index < -0.39 is 11.9 Å². The van der Waals surface area contributed by atoms with E-state index >= 15 is 0 Å². The van der Waals surface area contributed by atoms with Crippen LogP contribution in [0.5, 0.6) is 0 Å². The van der Waals surface area contributed by atoms with Crippen LogP contribution in [0.1, 0.15) is 52.4 Å². The number of hydrogen-bond donors (Lipinski definition) is 2. The summed E-state index contributed by atoms with van der Waals surface area (Å²) < 4.78 is 0. The fraction of sp³-hybridized carbons (Fsp3) is 0.857. The van der Waals surface area contributed by atoms with Crippen molar-refractivity contribution < 1.29 is 14.7 Å². The molecule has 4 heteroatoms. The maximum absolute atomic E-state index is 12.0. The van der Waals surface area contributed by atoms with Crippen LogP contribution in [0, 0.1) is 17.3 Å². The molecule has 2 unspecified atom stereocenters. The van der Waals surface area contributed by atoms with Gasteiger partial charge in [0.2, 0.25) is 5.91 Å². The van der Waals surface area contributed by atoms with E-state index in [0.717, 1.165) is 32.1 Å². The first-order chi connectivity index (χ1) is 8.39. The van der Waals surface area contributed by atoms with E-state index in [4.69, 9.17) is 5.11 Å². The predicted molar refractivity (Wildman–Crippen MR) is 68.0 cm³/mol. The Kier molecular flexibility index (Phi) is 3.64. The topological polar surface area (TPSA) is 66.4 Å². The van der Waals surface area contributed by atoms with E-state index in [1.54, 1.807) is 0 Å². The summed E-state index contributed by atoms with van der Waals surface area (Å²) in [7, 11) is 0. The second-order valence-electron chi connectivity index (χ2n) is 6.58. The molecule has 2 N–H and O–H groups in total. The molecule has 2 aliphatic carbocycles. The minimum atomic E-state index is -0.828. The summed E-state index contributed by atoms with van der Waals surface area (Å²) >= 11 is 0. The first kappa shape index (κ1) is 13.4. The normalized spacial score (nSPS) is 31.4. The third-order valence-corrected chi connectivity index (χ3v) is 4.61. The highest BCUT2D eigenvalue weighted by atomic mass is 16.4. The van der Waals surface area contributed by atoms with Gasteiger partial charge in [-0.2, -0.15) is 0 Å². The van der Waals surface area contributed by atoms with E-state index in [9.17, 15) is 9.59 Å². The van der Waals surface area contributed by atoms with Crippen LogP contribution in [0.25, 0.3) is 0 Å². The lowest BCUT2D eigenvalue weighted by atomic mass is 9.72. The van der Waals surface area contributed by atoms with E-state index in [2.05, 4.69) is 19.2 Å². The van der Waals surface area contributed by atoms with Gasteiger partial charge in [0, 0.05) is 6.04 Å². The lowest BCUT2D eigenvalue weighted by molar-refractivity contribution is -0.153. The molecule has 2 rings (SSSR count). The molecular weight excluding hydrogens is 230 g/mol. The Hall–Kier alpha value is -1.06. The molecule has 0 aromatic rings. The van der Waals surface area contributed by atoms with Gasteiger partial charge in [-0.1, -0.05) is 13.8 Å². The number of carboxylic acids is 1. The van der Waals surface area contributed by atoms with Gasteiger partial charge in [-0.3, -0.25) is 9.59 Å². The van der Waals surface area contributed by atoms with Gasteiger partial charge in [0.05, 0.1) is 11.8 Å². The molecule has 0 saturated heterocycles. The number of aliphatic carboxylic acids is 1. The first-order valence-corrected chi connectivity index (χ1v) is 6.92. The van der Waals surface area contributed by atoms with Gasteiger partial charge >= 0.3 is 5.97 Å². The highest BCUT2D eigenvalue weighted by Crippen LogP contribution is 2.37. The van der Waals surface area contributed by atoms with Crippen molar-refractivity contribution >= 4 is 11.9 Å². The Bertz CT molecular complexity index is 341. The summed E-state index contributed by atoms with van der Waals surface area (Å²) in [5.74, 6) is -1.62. The molecule has 0 aromatic carbocycles. The van der Waals surface area contributed by atoms with Gasteiger partial charge in [0.15, 0.2) is 0 Å². The largest absolute Gasteiger partial charge is 0.481 e. The Balaban J connectivity index is 1.80. The Morgan fingerprint density at radius 3 is 2.06 bits per heavy atom. The molecule has 0 bridgehead atoms. The fourth-order valence-electron chi connectivity index (χ4n) is 2.96. The monoisotopic (exact) mass is 253 g/mol. The molecule has 2 aliphatic rings. The third kappa shape index (κ3) is 2.85. The third-order valence-electron chi connectivity index (χ3n) is 4.61. The molecule has 0 radical (unpaired) electrons. The average molecular weight is 253 g/mol. The summed E-state index contributed by atoms with van der Waals surface area (Å²) in [4.78, 5) is 22.9. The fourth-order valence-corrected chi connectivity index (χ4v) is 2.96. The molecule has 0 aliphatic heterocycles. The summed E-state index contributed by atoms with van der Waals surface area (Å²) in [6.07, 6.45) is 5.66. The summed E-state index contributed by atoms with van der Waals surface area (Å²) in [6.45, 7) is 4.52. The van der Waals surface area contributed by atoms with Crippen LogP contribution in [0.15, 0.2) is 0 Å². The highest BCUT2D eigenvalue weighted by molar-refractivity contribution is 5.86. The maximum atomic E-state index is 12.0. The molecule has 0 heterocycles. The molecule has 2 fully saturated rings. The van der Waals surface area contributed by atoms with E-state index in [1.807, 2.05) is 0 Å². The van der Waals surface area contributed by atoms with Crippen LogP contribution in [0.4, 0.5) is 0 Å². The molecule has 0 aromatic heterocycles. The molecule has 1 amide bonds. The van der Waals surface area contributed by atoms with Gasteiger partial charge in [0.1, 0.15) is 0 Å². The van der Waals surface area contributed by atoms with E-state index in [0.29, 0.717) is 11.8 Å². The number of carboxylic acid groups (broad SMARTS) is 1. The molecular formula is C14H23NO3. The molecule has 0 spiro atoms. The van der Waals surface area contributed by atoms with E-state index in [-0.39, 0.29) is 17.9 Å². The quantitative estimate of drug-likeness (QED) is 0.810. The van der Waals surface area contributed by atoms with E-state index in [1.165, 1.54) is 0 Å². The first-order valence-electron chi connectivity index (χ1n) is 6.92. The molecule has 4 nitrogen and oxygen atoms in total. The SMILES string of the molecule is CC1(C)CCC(NC(=O)C2CCC2C(=O)O)CC1. The predicted octanol–water partition coefficient (Wildman–Crippen LogP) is 2.18. The standard InChI is InChI=1S/C14H23NO3/c1-14(2)7-5-9(6-8-14)15-12(16)10-3-4-11(10)13(17)18/h9-11H,3-8H2,1-2H3,(H,15,16)(H,17,18). The number of carbonyl (C=O) groups excluding carboxylic acids is 1. The van der Waals surface area contributed by atoms with Gasteiger partial charge < -0.3 is 10.4 Å². The Morgan fingerprint density at radius 1 is 1.06 bits per heavy atom. The van der Waals surface area contributed by atoms with Crippen LogP contribution in [0.2, 0.25) is 0 Å². The minimum absolute atomic E-state index is 0.0432. The van der Waals surface area contributed by atoms with Crippen molar-refractivity contribution in [2.75, 3.05) is 0 Å².